The van der Waals surface area contributed by atoms with E-state index in [1.165, 1.54) is 0 Å². The zero-order valence-electron chi connectivity index (χ0n) is 25.0. The minimum absolute atomic E-state index is 0.0376. The monoisotopic (exact) mass is 604 g/mol. The number of phenolic OH excluding ortho intramolecular Hbond substituents is 1. The first kappa shape index (κ1) is 29.8. The first-order valence-corrected chi connectivity index (χ1v) is 15.1. The van der Waals surface area contributed by atoms with Gasteiger partial charge in [0.15, 0.2) is 0 Å². The van der Waals surface area contributed by atoms with Crippen molar-refractivity contribution >= 4 is 17.7 Å². The molecule has 2 atom stereocenters. The minimum Gasteiger partial charge on any atom is -0.508 e. The molecule has 10 nitrogen and oxygen atoms in total. The van der Waals surface area contributed by atoms with Gasteiger partial charge in [-0.15, -0.1) is 6.58 Å². The number of fused-ring (bicyclic) bond motifs is 1. The van der Waals surface area contributed by atoms with Gasteiger partial charge < -0.3 is 19.9 Å². The maximum Gasteiger partial charge on any atom is 0.246 e. The van der Waals surface area contributed by atoms with E-state index in [0.29, 0.717) is 19.5 Å². The second-order valence-electron chi connectivity index (χ2n) is 11.4. The largest absolute Gasteiger partial charge is 0.508 e. The number of benzene rings is 3. The number of piperazine rings is 1. The average Bonchev–Trinajstić information content (AvgIpc) is 3.59. The van der Waals surface area contributed by atoms with E-state index in [0.717, 1.165) is 28.1 Å². The maximum atomic E-state index is 14.2. The van der Waals surface area contributed by atoms with E-state index in [4.69, 9.17) is 0 Å². The summed E-state index contributed by atoms with van der Waals surface area (Å²) in [5.74, 6) is 0.316. The van der Waals surface area contributed by atoms with Gasteiger partial charge in [0.05, 0.1) is 13.1 Å². The van der Waals surface area contributed by atoms with E-state index in [1.54, 1.807) is 62.6 Å². The molecule has 0 spiro atoms. The number of hydrazine groups is 1. The number of nitrogens with zero attached hydrogens (tertiary/aromatic N) is 5. The standard InChI is InChI=1S/C35H36N6O4/c1-2-19-39-24-33(44)40-30(21-26-11-14-29(42)15-12-26)35(45)38(22-27-9-6-10-28(20-27)34-36-17-18-37-34)23-31(40)41(39)32(43)16-13-25-7-4-3-5-8-25/h2-12,14-15,17-18,20,30-31,42H,1,13,16,19,21-24H2,(H,36,37)/t30-,31-/m0/s1. The SMILES string of the molecule is C=CCN1CC(=O)N2[C@@H](Cc3ccc(O)cc3)C(=O)N(Cc3cccc(-c4ncc[nH]4)c3)C[C@@H]2N1C(=O)CCc1ccccc1. The Morgan fingerprint density at radius 1 is 1.00 bits per heavy atom. The van der Waals surface area contributed by atoms with Gasteiger partial charge in [0, 0.05) is 43.9 Å². The van der Waals surface area contributed by atoms with E-state index < -0.39 is 12.2 Å². The molecule has 0 aliphatic carbocycles. The van der Waals surface area contributed by atoms with Crippen molar-refractivity contribution in [1.29, 1.82) is 0 Å². The highest BCUT2D eigenvalue weighted by atomic mass is 16.3. The van der Waals surface area contributed by atoms with Crippen molar-refractivity contribution in [2.75, 3.05) is 19.6 Å². The quantitative estimate of drug-likeness (QED) is 0.267. The van der Waals surface area contributed by atoms with Crippen LogP contribution in [0.5, 0.6) is 5.75 Å². The fourth-order valence-corrected chi connectivity index (χ4v) is 6.23. The topological polar surface area (TPSA) is 113 Å². The van der Waals surface area contributed by atoms with Crippen molar-refractivity contribution in [1.82, 2.24) is 29.8 Å². The smallest absolute Gasteiger partial charge is 0.246 e. The molecular formula is C35H36N6O4. The van der Waals surface area contributed by atoms with Crippen LogP contribution in [0.4, 0.5) is 0 Å². The molecule has 0 saturated carbocycles. The number of aromatic nitrogens is 2. The summed E-state index contributed by atoms with van der Waals surface area (Å²) in [6, 6.07) is 23.5. The summed E-state index contributed by atoms with van der Waals surface area (Å²) >= 11 is 0. The third-order valence-corrected chi connectivity index (χ3v) is 8.33. The van der Waals surface area contributed by atoms with E-state index in [2.05, 4.69) is 16.5 Å². The molecule has 10 heteroatoms. The van der Waals surface area contributed by atoms with Gasteiger partial charge in [-0.05, 0) is 41.3 Å². The molecule has 0 unspecified atom stereocenters. The van der Waals surface area contributed by atoms with Crippen LogP contribution in [0.15, 0.2) is 104 Å². The van der Waals surface area contributed by atoms with E-state index in [1.807, 2.05) is 54.6 Å². The Labute approximate surface area is 262 Å². The van der Waals surface area contributed by atoms with Crippen molar-refractivity contribution in [2.24, 2.45) is 0 Å². The van der Waals surface area contributed by atoms with E-state index in [9.17, 15) is 19.5 Å². The van der Waals surface area contributed by atoms with Crippen molar-refractivity contribution in [3.05, 3.63) is 121 Å². The van der Waals surface area contributed by atoms with Crippen LogP contribution >= 0.6 is 0 Å². The molecule has 2 N–H and O–H groups in total. The number of carbonyl (C=O) groups excluding carboxylic acids is 3. The number of carbonyl (C=O) groups is 3. The van der Waals surface area contributed by atoms with Gasteiger partial charge in [0.1, 0.15) is 23.8 Å². The highest BCUT2D eigenvalue weighted by Crippen LogP contribution is 2.30. The van der Waals surface area contributed by atoms with Crippen LogP contribution in [-0.4, -0.2) is 84.5 Å². The summed E-state index contributed by atoms with van der Waals surface area (Å²) in [6.07, 6.45) is 5.49. The van der Waals surface area contributed by atoms with Gasteiger partial charge in [0.25, 0.3) is 0 Å². The second kappa shape index (κ2) is 13.2. The summed E-state index contributed by atoms with van der Waals surface area (Å²) in [5, 5.41) is 13.3. The summed E-state index contributed by atoms with van der Waals surface area (Å²) in [5.41, 5.74) is 3.65. The fourth-order valence-electron chi connectivity index (χ4n) is 6.23. The Bertz CT molecular complexity index is 1660. The third kappa shape index (κ3) is 6.51. The zero-order chi connectivity index (χ0) is 31.3. The molecule has 6 rings (SSSR count). The number of nitrogens with one attached hydrogen (secondary N) is 1. The lowest BCUT2D eigenvalue weighted by molar-refractivity contribution is -0.205. The summed E-state index contributed by atoms with van der Waals surface area (Å²) < 4.78 is 0. The normalized spacial score (nSPS) is 18.6. The number of hydrogen-bond acceptors (Lipinski definition) is 6. The molecule has 2 aliphatic heterocycles. The molecule has 4 aromatic rings. The van der Waals surface area contributed by atoms with Gasteiger partial charge in [-0.3, -0.25) is 14.4 Å². The number of aryl methyl sites for hydroxylation is 1. The van der Waals surface area contributed by atoms with Gasteiger partial charge in [0.2, 0.25) is 17.7 Å². The third-order valence-electron chi connectivity index (χ3n) is 8.33. The van der Waals surface area contributed by atoms with Gasteiger partial charge in [-0.2, -0.15) is 0 Å². The molecule has 2 aliphatic rings. The molecule has 0 bridgehead atoms. The van der Waals surface area contributed by atoms with Crippen LogP contribution in [0.3, 0.4) is 0 Å². The lowest BCUT2D eigenvalue weighted by Gasteiger charge is -2.55. The Morgan fingerprint density at radius 3 is 2.51 bits per heavy atom. The van der Waals surface area contributed by atoms with Gasteiger partial charge in [-0.25, -0.2) is 15.0 Å². The van der Waals surface area contributed by atoms with Crippen LogP contribution in [0.1, 0.15) is 23.1 Å². The highest BCUT2D eigenvalue weighted by Gasteiger charge is 2.50. The molecule has 3 amide bonds. The number of hydrogen-bond donors (Lipinski definition) is 2. The number of aromatic amines is 1. The average molecular weight is 605 g/mol. The van der Waals surface area contributed by atoms with Crippen molar-refractivity contribution in [2.45, 2.75) is 38.0 Å². The zero-order valence-corrected chi connectivity index (χ0v) is 25.0. The number of aromatic hydroxyl groups is 1. The van der Waals surface area contributed by atoms with Crippen LogP contribution in [0.2, 0.25) is 0 Å². The van der Waals surface area contributed by atoms with Crippen LogP contribution < -0.4 is 0 Å². The molecule has 1 aromatic heterocycles. The van der Waals surface area contributed by atoms with Crippen molar-refractivity contribution in [3.63, 3.8) is 0 Å². The van der Waals surface area contributed by atoms with E-state index >= 15 is 0 Å². The number of phenols is 1. The number of imidazole rings is 1. The van der Waals surface area contributed by atoms with Crippen molar-refractivity contribution in [3.8, 4) is 17.1 Å². The summed E-state index contributed by atoms with van der Waals surface area (Å²) in [6.45, 7) is 4.60. The molecule has 230 valence electrons. The summed E-state index contributed by atoms with van der Waals surface area (Å²) in [4.78, 5) is 52.9. The molecule has 3 aromatic carbocycles. The van der Waals surface area contributed by atoms with Crippen LogP contribution in [0.25, 0.3) is 11.4 Å². The lowest BCUT2D eigenvalue weighted by Crippen LogP contribution is -2.75. The first-order chi connectivity index (χ1) is 21.9. The van der Waals surface area contributed by atoms with E-state index in [-0.39, 0.29) is 49.4 Å². The summed E-state index contributed by atoms with van der Waals surface area (Å²) in [7, 11) is 0. The molecule has 2 saturated heterocycles. The highest BCUT2D eigenvalue weighted by molar-refractivity contribution is 5.92. The predicted molar refractivity (Wildman–Crippen MR) is 169 cm³/mol. The Hall–Kier alpha value is -5.22. The van der Waals surface area contributed by atoms with Crippen LogP contribution in [0, 0.1) is 0 Å². The minimum atomic E-state index is -0.829. The Kier molecular flexibility index (Phi) is 8.74. The molecule has 3 heterocycles. The van der Waals surface area contributed by atoms with Crippen molar-refractivity contribution < 1.29 is 19.5 Å². The maximum absolute atomic E-state index is 14.2. The van der Waals surface area contributed by atoms with Gasteiger partial charge in [-0.1, -0.05) is 66.7 Å². The fraction of sp³-hybridized carbons (Fsp3) is 0.257. The first-order valence-electron chi connectivity index (χ1n) is 15.1. The number of H-pyrrole nitrogens is 1. The predicted octanol–water partition coefficient (Wildman–Crippen LogP) is 3.77. The lowest BCUT2D eigenvalue weighted by atomic mass is 9.97. The number of rotatable bonds is 10. The molecule has 45 heavy (non-hydrogen) atoms. The van der Waals surface area contributed by atoms with Crippen LogP contribution in [-0.2, 0) is 33.8 Å². The van der Waals surface area contributed by atoms with Gasteiger partial charge >= 0.3 is 0 Å². The molecular weight excluding hydrogens is 568 g/mol. The Balaban J connectivity index is 1.34. The molecule has 2 fully saturated rings. The molecule has 0 radical (unpaired) electrons. The Morgan fingerprint density at radius 2 is 1.78 bits per heavy atom. The second-order valence-corrected chi connectivity index (χ2v) is 11.4. The number of amides is 3.